The van der Waals surface area contributed by atoms with E-state index in [1.54, 1.807) is 12.2 Å². The van der Waals surface area contributed by atoms with E-state index in [-0.39, 0.29) is 11.2 Å². The highest BCUT2D eigenvalue weighted by atomic mass is 16.5. The molecule has 4 heteroatoms. The van der Waals surface area contributed by atoms with Crippen LogP contribution in [-0.4, -0.2) is 26.0 Å². The summed E-state index contributed by atoms with van der Waals surface area (Å²) in [6.07, 6.45) is 3.39. The standard InChI is InChI=1S/C24H31NO3/c1-7-27-22-16-14-20(24(3,4)5)23(28-8-2)19(22)13-15-21(26)17-9-11-18(25-6)12-10-17/h9-16,25H,7-8H2,1-6H3/b15-13+. The Morgan fingerprint density at radius 2 is 1.64 bits per heavy atom. The molecular weight excluding hydrogens is 350 g/mol. The van der Waals surface area contributed by atoms with Crippen LogP contribution in [0.2, 0.25) is 0 Å². The maximum Gasteiger partial charge on any atom is 0.185 e. The SMILES string of the molecule is CCOc1ccc(C(C)(C)C)c(OCC)c1/C=C/C(=O)c1ccc(NC)cc1. The summed E-state index contributed by atoms with van der Waals surface area (Å²) in [5, 5.41) is 3.05. The van der Waals surface area contributed by atoms with Gasteiger partial charge in [-0.05, 0) is 61.7 Å². The molecule has 0 bridgehead atoms. The van der Waals surface area contributed by atoms with E-state index in [9.17, 15) is 4.79 Å². The molecule has 0 unspecified atom stereocenters. The fourth-order valence-corrected chi connectivity index (χ4v) is 2.97. The van der Waals surface area contributed by atoms with Crippen molar-refractivity contribution >= 4 is 17.5 Å². The summed E-state index contributed by atoms with van der Waals surface area (Å²) in [4.78, 5) is 12.6. The van der Waals surface area contributed by atoms with Gasteiger partial charge in [0.05, 0.1) is 18.8 Å². The van der Waals surface area contributed by atoms with Gasteiger partial charge in [-0.2, -0.15) is 0 Å². The molecule has 0 aliphatic rings. The lowest BCUT2D eigenvalue weighted by Gasteiger charge is -2.25. The van der Waals surface area contributed by atoms with Gasteiger partial charge in [-0.25, -0.2) is 0 Å². The number of nitrogens with one attached hydrogen (secondary N) is 1. The minimum Gasteiger partial charge on any atom is -0.493 e. The predicted octanol–water partition coefficient (Wildman–Crippen LogP) is 5.72. The summed E-state index contributed by atoms with van der Waals surface area (Å²) in [6, 6.07) is 11.4. The van der Waals surface area contributed by atoms with Gasteiger partial charge in [0, 0.05) is 23.9 Å². The lowest BCUT2D eigenvalue weighted by molar-refractivity contribution is 0.104. The van der Waals surface area contributed by atoms with Gasteiger partial charge in [-0.1, -0.05) is 26.8 Å². The molecule has 150 valence electrons. The number of ketones is 1. The Morgan fingerprint density at radius 3 is 2.18 bits per heavy atom. The minimum atomic E-state index is -0.0924. The number of carbonyl (C=O) groups excluding carboxylic acids is 1. The quantitative estimate of drug-likeness (QED) is 0.469. The third-order valence-corrected chi connectivity index (χ3v) is 4.41. The zero-order valence-electron chi connectivity index (χ0n) is 17.8. The monoisotopic (exact) mass is 381 g/mol. The molecule has 0 saturated carbocycles. The molecular formula is C24H31NO3. The maximum absolute atomic E-state index is 12.6. The molecule has 4 nitrogen and oxygen atoms in total. The van der Waals surface area contributed by atoms with Crippen LogP contribution in [0.15, 0.2) is 42.5 Å². The van der Waals surface area contributed by atoms with E-state index in [1.807, 2.05) is 57.3 Å². The van der Waals surface area contributed by atoms with Crippen LogP contribution in [0.25, 0.3) is 6.08 Å². The largest absolute Gasteiger partial charge is 0.493 e. The zero-order chi connectivity index (χ0) is 20.7. The Kier molecular flexibility index (Phi) is 7.27. The lowest BCUT2D eigenvalue weighted by atomic mass is 9.84. The average molecular weight is 382 g/mol. The summed E-state index contributed by atoms with van der Waals surface area (Å²) in [5.41, 5.74) is 3.40. The van der Waals surface area contributed by atoms with Crippen molar-refractivity contribution < 1.29 is 14.3 Å². The van der Waals surface area contributed by atoms with Gasteiger partial charge in [-0.15, -0.1) is 0 Å². The topological polar surface area (TPSA) is 47.6 Å². The molecule has 0 fully saturated rings. The van der Waals surface area contributed by atoms with Crippen LogP contribution >= 0.6 is 0 Å². The van der Waals surface area contributed by atoms with E-state index in [0.717, 1.165) is 22.6 Å². The Morgan fingerprint density at radius 1 is 1.00 bits per heavy atom. The normalized spacial score (nSPS) is 11.5. The summed E-state index contributed by atoms with van der Waals surface area (Å²) in [6.45, 7) is 11.4. The molecule has 0 saturated heterocycles. The Labute approximate surface area is 168 Å². The van der Waals surface area contributed by atoms with Crippen LogP contribution in [0.1, 0.15) is 56.1 Å². The van der Waals surface area contributed by atoms with Gasteiger partial charge in [0.2, 0.25) is 0 Å². The van der Waals surface area contributed by atoms with E-state index < -0.39 is 0 Å². The number of ether oxygens (including phenoxy) is 2. The van der Waals surface area contributed by atoms with Crippen LogP contribution in [0.5, 0.6) is 11.5 Å². The van der Waals surface area contributed by atoms with Crippen LogP contribution < -0.4 is 14.8 Å². The first-order chi connectivity index (χ1) is 13.3. The molecule has 2 aromatic rings. The number of rotatable bonds is 8. The zero-order valence-corrected chi connectivity index (χ0v) is 17.8. The highest BCUT2D eigenvalue weighted by Gasteiger charge is 2.23. The molecule has 0 aliphatic carbocycles. The minimum absolute atomic E-state index is 0.0614. The Hall–Kier alpha value is -2.75. The smallest absolute Gasteiger partial charge is 0.185 e. The second-order valence-electron chi connectivity index (χ2n) is 7.50. The van der Waals surface area contributed by atoms with Crippen molar-refractivity contribution in [1.82, 2.24) is 0 Å². The summed E-state index contributed by atoms with van der Waals surface area (Å²) in [5.74, 6) is 1.43. The molecule has 0 atom stereocenters. The third kappa shape index (κ3) is 5.16. The fourth-order valence-electron chi connectivity index (χ4n) is 2.97. The summed E-state index contributed by atoms with van der Waals surface area (Å²) in [7, 11) is 1.85. The van der Waals surface area contributed by atoms with Crippen molar-refractivity contribution in [2.45, 2.75) is 40.0 Å². The fraction of sp³-hybridized carbons (Fsp3) is 0.375. The first-order valence-corrected chi connectivity index (χ1v) is 9.75. The first-order valence-electron chi connectivity index (χ1n) is 9.75. The van der Waals surface area contributed by atoms with Gasteiger partial charge in [0.1, 0.15) is 11.5 Å². The van der Waals surface area contributed by atoms with E-state index in [4.69, 9.17) is 9.47 Å². The van der Waals surface area contributed by atoms with Crippen molar-refractivity contribution in [3.63, 3.8) is 0 Å². The second-order valence-corrected chi connectivity index (χ2v) is 7.50. The Balaban J connectivity index is 2.47. The van der Waals surface area contributed by atoms with Crippen molar-refractivity contribution in [2.75, 3.05) is 25.6 Å². The highest BCUT2D eigenvalue weighted by molar-refractivity contribution is 6.07. The number of hydrogen-bond acceptors (Lipinski definition) is 4. The molecule has 2 rings (SSSR count). The molecule has 28 heavy (non-hydrogen) atoms. The van der Waals surface area contributed by atoms with Crippen molar-refractivity contribution in [3.05, 3.63) is 59.2 Å². The van der Waals surface area contributed by atoms with E-state index in [1.165, 1.54) is 0 Å². The molecule has 0 spiro atoms. The number of anilines is 1. The average Bonchev–Trinajstić information content (AvgIpc) is 2.66. The number of allylic oxidation sites excluding steroid dienone is 1. The highest BCUT2D eigenvalue weighted by Crippen LogP contribution is 2.40. The van der Waals surface area contributed by atoms with Gasteiger partial charge in [-0.3, -0.25) is 4.79 Å². The lowest BCUT2D eigenvalue weighted by Crippen LogP contribution is -2.15. The van der Waals surface area contributed by atoms with Gasteiger partial charge in [0.15, 0.2) is 5.78 Å². The number of hydrogen-bond donors (Lipinski definition) is 1. The Bertz CT molecular complexity index is 830. The molecule has 0 amide bonds. The molecule has 0 heterocycles. The molecule has 0 radical (unpaired) electrons. The van der Waals surface area contributed by atoms with Crippen LogP contribution in [0.4, 0.5) is 5.69 Å². The van der Waals surface area contributed by atoms with Gasteiger partial charge >= 0.3 is 0 Å². The van der Waals surface area contributed by atoms with Gasteiger partial charge < -0.3 is 14.8 Å². The van der Waals surface area contributed by atoms with E-state index in [2.05, 4.69) is 26.1 Å². The van der Waals surface area contributed by atoms with E-state index >= 15 is 0 Å². The van der Waals surface area contributed by atoms with Crippen molar-refractivity contribution in [1.29, 1.82) is 0 Å². The summed E-state index contributed by atoms with van der Waals surface area (Å²) < 4.78 is 11.8. The third-order valence-electron chi connectivity index (χ3n) is 4.41. The molecule has 0 aliphatic heterocycles. The predicted molar refractivity (Wildman–Crippen MR) is 117 cm³/mol. The maximum atomic E-state index is 12.6. The van der Waals surface area contributed by atoms with Crippen LogP contribution in [-0.2, 0) is 5.41 Å². The van der Waals surface area contributed by atoms with Crippen LogP contribution in [0, 0.1) is 0 Å². The van der Waals surface area contributed by atoms with Crippen molar-refractivity contribution in [3.8, 4) is 11.5 Å². The van der Waals surface area contributed by atoms with E-state index in [0.29, 0.717) is 24.5 Å². The summed E-state index contributed by atoms with van der Waals surface area (Å²) >= 11 is 0. The van der Waals surface area contributed by atoms with Crippen LogP contribution in [0.3, 0.4) is 0 Å². The van der Waals surface area contributed by atoms with Crippen molar-refractivity contribution in [2.24, 2.45) is 0 Å². The van der Waals surface area contributed by atoms with Gasteiger partial charge in [0.25, 0.3) is 0 Å². The first kappa shape index (κ1) is 21.5. The number of benzene rings is 2. The molecule has 1 N–H and O–H groups in total. The molecule has 0 aromatic heterocycles. The molecule has 2 aromatic carbocycles. The second kappa shape index (κ2) is 9.45. The number of carbonyl (C=O) groups is 1.